The van der Waals surface area contributed by atoms with E-state index in [9.17, 15) is 4.79 Å². The third-order valence-electron chi connectivity index (χ3n) is 6.89. The minimum atomic E-state index is 0.109. The highest BCUT2D eigenvalue weighted by molar-refractivity contribution is 5.95. The van der Waals surface area contributed by atoms with Gasteiger partial charge in [0, 0.05) is 35.8 Å². The number of nitrogens with one attached hydrogen (secondary N) is 1. The van der Waals surface area contributed by atoms with E-state index >= 15 is 0 Å². The zero-order valence-corrected chi connectivity index (χ0v) is 16.5. The van der Waals surface area contributed by atoms with E-state index in [1.807, 2.05) is 24.4 Å². The van der Waals surface area contributed by atoms with E-state index in [-0.39, 0.29) is 18.0 Å². The largest absolute Gasteiger partial charge is 0.327 e. The number of aromatic nitrogens is 4. The number of nitrogens with zero attached hydrogens (tertiary/aromatic N) is 4. The number of hydrogen-bond acceptors (Lipinski definition) is 3. The average molecular weight is 387 g/mol. The lowest BCUT2D eigenvalue weighted by atomic mass is 9.99. The van der Waals surface area contributed by atoms with Gasteiger partial charge in [0.1, 0.15) is 11.5 Å². The Morgan fingerprint density at radius 3 is 2.90 bits per heavy atom. The van der Waals surface area contributed by atoms with Gasteiger partial charge in [-0.05, 0) is 32.1 Å². The van der Waals surface area contributed by atoms with Gasteiger partial charge >= 0.3 is 0 Å². The van der Waals surface area contributed by atoms with Crippen LogP contribution in [-0.4, -0.2) is 36.6 Å². The van der Waals surface area contributed by atoms with Gasteiger partial charge in [0.2, 0.25) is 0 Å². The monoisotopic (exact) mass is 387 g/mol. The van der Waals surface area contributed by atoms with E-state index in [4.69, 9.17) is 4.98 Å². The molecule has 0 radical (unpaired) electrons. The second-order valence-corrected chi connectivity index (χ2v) is 8.53. The number of benzene rings is 1. The third-order valence-corrected chi connectivity index (χ3v) is 6.89. The van der Waals surface area contributed by atoms with Crippen molar-refractivity contribution in [3.8, 4) is 11.4 Å². The quantitative estimate of drug-likeness (QED) is 0.725. The lowest BCUT2D eigenvalue weighted by Gasteiger charge is -2.34. The fourth-order valence-electron chi connectivity index (χ4n) is 5.53. The minimum absolute atomic E-state index is 0.109. The number of aromatic amines is 1. The summed E-state index contributed by atoms with van der Waals surface area (Å²) < 4.78 is 2.31. The van der Waals surface area contributed by atoms with Gasteiger partial charge in [-0.15, -0.1) is 0 Å². The lowest BCUT2D eigenvalue weighted by molar-refractivity contribution is 0.0638. The third kappa shape index (κ3) is 2.58. The number of carbonyl (C=O) groups is 1. The molecule has 6 nitrogen and oxygen atoms in total. The zero-order valence-electron chi connectivity index (χ0n) is 16.5. The predicted molar refractivity (Wildman–Crippen MR) is 109 cm³/mol. The molecule has 6 heteroatoms. The van der Waals surface area contributed by atoms with E-state index in [0.717, 1.165) is 62.2 Å². The molecule has 3 aliphatic rings. The molecule has 2 bridgehead atoms. The van der Waals surface area contributed by atoms with Gasteiger partial charge in [0.25, 0.3) is 5.91 Å². The molecule has 2 unspecified atom stereocenters. The Morgan fingerprint density at radius 2 is 2.00 bits per heavy atom. The average Bonchev–Trinajstić information content (AvgIpc) is 3.40. The fraction of sp³-hybridized carbons (Fsp3) is 0.435. The van der Waals surface area contributed by atoms with Crippen LogP contribution in [-0.2, 0) is 19.4 Å². The van der Waals surface area contributed by atoms with Crippen LogP contribution < -0.4 is 0 Å². The van der Waals surface area contributed by atoms with Crippen LogP contribution in [0.15, 0.2) is 36.5 Å². The van der Waals surface area contributed by atoms with Crippen molar-refractivity contribution < 1.29 is 4.79 Å². The molecule has 148 valence electrons. The van der Waals surface area contributed by atoms with Crippen LogP contribution in [0.2, 0.25) is 0 Å². The van der Waals surface area contributed by atoms with E-state index in [1.54, 1.807) is 0 Å². The molecule has 1 fully saturated rings. The molecular weight excluding hydrogens is 362 g/mol. The van der Waals surface area contributed by atoms with Gasteiger partial charge in [-0.25, -0.2) is 4.98 Å². The Labute approximate surface area is 169 Å². The molecule has 1 saturated heterocycles. The SMILES string of the molecule is O=C(c1nc(-c2ccccc2)n2c1CCCCC2)N1C2CCC1c1cn[nH]c1C2. The summed E-state index contributed by atoms with van der Waals surface area (Å²) in [7, 11) is 0. The van der Waals surface area contributed by atoms with Crippen molar-refractivity contribution >= 4 is 5.91 Å². The molecule has 0 saturated carbocycles. The maximum atomic E-state index is 13.8. The Balaban J connectivity index is 1.44. The van der Waals surface area contributed by atoms with Crippen molar-refractivity contribution in [1.82, 2.24) is 24.6 Å². The predicted octanol–water partition coefficient (Wildman–Crippen LogP) is 3.90. The summed E-state index contributed by atoms with van der Waals surface area (Å²) in [5, 5.41) is 7.37. The topological polar surface area (TPSA) is 66.8 Å². The summed E-state index contributed by atoms with van der Waals surface area (Å²) >= 11 is 0. The van der Waals surface area contributed by atoms with Gasteiger partial charge in [-0.3, -0.25) is 9.89 Å². The molecule has 5 heterocycles. The molecule has 3 aromatic rings. The summed E-state index contributed by atoms with van der Waals surface area (Å²) in [6.45, 7) is 0.943. The van der Waals surface area contributed by atoms with E-state index in [2.05, 4.69) is 31.8 Å². The van der Waals surface area contributed by atoms with Crippen LogP contribution in [0.25, 0.3) is 11.4 Å². The summed E-state index contributed by atoms with van der Waals surface area (Å²) in [5.74, 6) is 1.05. The molecule has 6 rings (SSSR count). The van der Waals surface area contributed by atoms with Crippen molar-refractivity contribution in [1.29, 1.82) is 0 Å². The highest BCUT2D eigenvalue weighted by Gasteiger charge is 2.45. The highest BCUT2D eigenvalue weighted by Crippen LogP contribution is 2.44. The number of hydrogen-bond donors (Lipinski definition) is 1. The maximum Gasteiger partial charge on any atom is 0.275 e. The molecule has 0 spiro atoms. The molecular formula is C23H25N5O. The van der Waals surface area contributed by atoms with Gasteiger partial charge in [-0.2, -0.15) is 5.10 Å². The summed E-state index contributed by atoms with van der Waals surface area (Å²) in [6, 6.07) is 10.7. The first-order valence-electron chi connectivity index (χ1n) is 10.8. The standard InChI is InChI=1S/C23H25N5O/c29-23(28-16-10-11-19(28)17-14-24-26-18(17)13-16)21-20-9-5-2-6-12-27(20)22(25-21)15-7-3-1-4-8-15/h1,3-4,7-8,14,16,19H,2,5-6,9-13H2,(H,24,26). The highest BCUT2D eigenvalue weighted by atomic mass is 16.2. The summed E-state index contributed by atoms with van der Waals surface area (Å²) in [6.07, 6.45) is 9.26. The number of carbonyl (C=O) groups excluding carboxylic acids is 1. The summed E-state index contributed by atoms with van der Waals surface area (Å²) in [4.78, 5) is 20.9. The van der Waals surface area contributed by atoms with Crippen LogP contribution >= 0.6 is 0 Å². The summed E-state index contributed by atoms with van der Waals surface area (Å²) in [5.41, 5.74) is 5.29. The first kappa shape index (κ1) is 17.0. The first-order chi connectivity index (χ1) is 14.3. The maximum absolute atomic E-state index is 13.8. The zero-order chi connectivity index (χ0) is 19.4. The lowest BCUT2D eigenvalue weighted by Crippen LogP contribution is -2.42. The van der Waals surface area contributed by atoms with Crippen molar-refractivity contribution in [2.24, 2.45) is 0 Å². The molecule has 29 heavy (non-hydrogen) atoms. The first-order valence-corrected chi connectivity index (χ1v) is 10.8. The van der Waals surface area contributed by atoms with Crippen LogP contribution in [0.4, 0.5) is 0 Å². The Bertz CT molecular complexity index is 1070. The minimum Gasteiger partial charge on any atom is -0.327 e. The van der Waals surface area contributed by atoms with E-state index in [0.29, 0.717) is 5.69 Å². The molecule has 3 aliphatic heterocycles. The molecule has 1 amide bonds. The molecule has 1 aromatic carbocycles. The number of imidazole rings is 1. The smallest absolute Gasteiger partial charge is 0.275 e. The number of rotatable bonds is 2. The Morgan fingerprint density at radius 1 is 1.10 bits per heavy atom. The van der Waals surface area contributed by atoms with Crippen molar-refractivity contribution in [3.63, 3.8) is 0 Å². The van der Waals surface area contributed by atoms with Gasteiger partial charge < -0.3 is 9.47 Å². The van der Waals surface area contributed by atoms with Crippen LogP contribution in [0, 0.1) is 0 Å². The second kappa shape index (κ2) is 6.58. The Hall–Kier alpha value is -2.89. The number of amides is 1. The van der Waals surface area contributed by atoms with Crippen molar-refractivity contribution in [2.75, 3.05) is 0 Å². The van der Waals surface area contributed by atoms with Crippen LogP contribution in [0.3, 0.4) is 0 Å². The number of fused-ring (bicyclic) bond motifs is 5. The van der Waals surface area contributed by atoms with E-state index in [1.165, 1.54) is 17.7 Å². The van der Waals surface area contributed by atoms with Gasteiger partial charge in [0.15, 0.2) is 0 Å². The van der Waals surface area contributed by atoms with Gasteiger partial charge in [0.05, 0.1) is 17.9 Å². The van der Waals surface area contributed by atoms with Gasteiger partial charge in [-0.1, -0.05) is 36.8 Å². The number of H-pyrrole nitrogens is 1. The van der Waals surface area contributed by atoms with E-state index < -0.39 is 0 Å². The normalized spacial score (nSPS) is 22.8. The van der Waals surface area contributed by atoms with Crippen molar-refractivity contribution in [2.45, 2.75) is 63.6 Å². The molecule has 2 atom stereocenters. The fourth-order valence-corrected chi connectivity index (χ4v) is 5.53. The second-order valence-electron chi connectivity index (χ2n) is 8.53. The Kier molecular flexibility index (Phi) is 3.86. The van der Waals surface area contributed by atoms with Crippen molar-refractivity contribution in [3.05, 3.63) is 59.2 Å². The van der Waals surface area contributed by atoms with Crippen LogP contribution in [0.5, 0.6) is 0 Å². The molecule has 2 aromatic heterocycles. The molecule has 1 N–H and O–H groups in total. The molecule has 0 aliphatic carbocycles. The van der Waals surface area contributed by atoms with Crippen LogP contribution in [0.1, 0.15) is 65.6 Å².